The van der Waals surface area contributed by atoms with Crippen LogP contribution in [0.2, 0.25) is 0 Å². The van der Waals surface area contributed by atoms with Gasteiger partial charge < -0.3 is 10.6 Å². The van der Waals surface area contributed by atoms with Crippen molar-refractivity contribution in [3.63, 3.8) is 0 Å². The molecule has 0 saturated carbocycles. The SMILES string of the molecule is CCSCC(C)NC(=O)C1CCC(=O)NC1. The Kier molecular flexibility index (Phi) is 5.66. The van der Waals surface area contributed by atoms with Crippen molar-refractivity contribution >= 4 is 23.6 Å². The molecule has 1 aliphatic heterocycles. The van der Waals surface area contributed by atoms with Crippen molar-refractivity contribution in [3.05, 3.63) is 0 Å². The van der Waals surface area contributed by atoms with E-state index >= 15 is 0 Å². The summed E-state index contributed by atoms with van der Waals surface area (Å²) in [5.41, 5.74) is 0. The second-order valence-corrected chi connectivity index (χ2v) is 5.43. The average molecular weight is 244 g/mol. The van der Waals surface area contributed by atoms with Gasteiger partial charge in [-0.05, 0) is 19.1 Å². The summed E-state index contributed by atoms with van der Waals surface area (Å²) in [5, 5.41) is 5.71. The topological polar surface area (TPSA) is 58.2 Å². The lowest BCUT2D eigenvalue weighted by Crippen LogP contribution is -2.45. The van der Waals surface area contributed by atoms with E-state index in [1.54, 1.807) is 0 Å². The molecular formula is C11H20N2O2S. The van der Waals surface area contributed by atoms with Gasteiger partial charge in [-0.3, -0.25) is 9.59 Å². The fourth-order valence-corrected chi connectivity index (χ4v) is 2.33. The van der Waals surface area contributed by atoms with Crippen molar-refractivity contribution in [2.45, 2.75) is 32.7 Å². The van der Waals surface area contributed by atoms with Crippen LogP contribution in [-0.4, -0.2) is 35.9 Å². The number of piperidine rings is 1. The van der Waals surface area contributed by atoms with E-state index in [1.807, 2.05) is 18.7 Å². The molecule has 0 radical (unpaired) electrons. The lowest BCUT2D eigenvalue weighted by molar-refractivity contribution is -0.129. The highest BCUT2D eigenvalue weighted by Crippen LogP contribution is 2.11. The van der Waals surface area contributed by atoms with Crippen molar-refractivity contribution in [2.24, 2.45) is 5.92 Å². The van der Waals surface area contributed by atoms with Gasteiger partial charge in [-0.25, -0.2) is 0 Å². The van der Waals surface area contributed by atoms with Crippen molar-refractivity contribution in [1.82, 2.24) is 10.6 Å². The first-order valence-corrected chi connectivity index (χ1v) is 6.93. The maximum Gasteiger partial charge on any atom is 0.225 e. The molecule has 0 aromatic rings. The fourth-order valence-electron chi connectivity index (χ4n) is 1.65. The van der Waals surface area contributed by atoms with Gasteiger partial charge in [0.1, 0.15) is 0 Å². The Morgan fingerprint density at radius 1 is 1.69 bits per heavy atom. The summed E-state index contributed by atoms with van der Waals surface area (Å²) >= 11 is 1.82. The largest absolute Gasteiger partial charge is 0.355 e. The molecule has 1 fully saturated rings. The third-order valence-electron chi connectivity index (χ3n) is 2.60. The van der Waals surface area contributed by atoms with Crippen LogP contribution < -0.4 is 10.6 Å². The van der Waals surface area contributed by atoms with Crippen LogP contribution in [0.5, 0.6) is 0 Å². The number of hydrogen-bond donors (Lipinski definition) is 2. The summed E-state index contributed by atoms with van der Waals surface area (Å²) in [6.45, 7) is 4.61. The molecule has 0 aromatic heterocycles. The standard InChI is InChI=1S/C11H20N2O2S/c1-3-16-7-8(2)13-11(15)9-4-5-10(14)12-6-9/h8-9H,3-7H2,1-2H3,(H,12,14)(H,13,15). The third-order valence-corrected chi connectivity index (χ3v) is 3.74. The van der Waals surface area contributed by atoms with Gasteiger partial charge in [-0.15, -0.1) is 0 Å². The summed E-state index contributed by atoms with van der Waals surface area (Å²) < 4.78 is 0. The summed E-state index contributed by atoms with van der Waals surface area (Å²) in [6, 6.07) is 0.204. The third kappa shape index (κ3) is 4.43. The molecule has 1 saturated heterocycles. The van der Waals surface area contributed by atoms with Crippen LogP contribution in [-0.2, 0) is 9.59 Å². The first kappa shape index (κ1) is 13.4. The normalized spacial score (nSPS) is 22.4. The molecule has 1 aliphatic rings. The van der Waals surface area contributed by atoms with Gasteiger partial charge in [0.25, 0.3) is 0 Å². The van der Waals surface area contributed by atoms with Crippen LogP contribution >= 0.6 is 11.8 Å². The van der Waals surface area contributed by atoms with Crippen LogP contribution in [0, 0.1) is 5.92 Å². The van der Waals surface area contributed by atoms with E-state index in [4.69, 9.17) is 0 Å². The van der Waals surface area contributed by atoms with Gasteiger partial charge in [-0.1, -0.05) is 6.92 Å². The van der Waals surface area contributed by atoms with Crippen LogP contribution in [0.4, 0.5) is 0 Å². The van der Waals surface area contributed by atoms with E-state index in [9.17, 15) is 9.59 Å². The van der Waals surface area contributed by atoms with Crippen molar-refractivity contribution in [2.75, 3.05) is 18.1 Å². The molecular weight excluding hydrogens is 224 g/mol. The van der Waals surface area contributed by atoms with Gasteiger partial charge in [0.15, 0.2) is 0 Å². The Bertz CT molecular complexity index is 248. The minimum Gasteiger partial charge on any atom is -0.355 e. The Balaban J connectivity index is 2.26. The number of thioether (sulfide) groups is 1. The maximum atomic E-state index is 11.8. The predicted octanol–water partition coefficient (Wildman–Crippen LogP) is 0.770. The van der Waals surface area contributed by atoms with E-state index in [-0.39, 0.29) is 23.8 Å². The van der Waals surface area contributed by atoms with Gasteiger partial charge in [0.2, 0.25) is 11.8 Å². The van der Waals surface area contributed by atoms with Gasteiger partial charge in [0, 0.05) is 24.8 Å². The molecule has 4 nitrogen and oxygen atoms in total. The molecule has 0 aromatic carbocycles. The van der Waals surface area contributed by atoms with Gasteiger partial charge in [-0.2, -0.15) is 11.8 Å². The van der Waals surface area contributed by atoms with E-state index in [1.165, 1.54) is 0 Å². The van der Waals surface area contributed by atoms with Crippen molar-refractivity contribution in [1.29, 1.82) is 0 Å². The first-order chi connectivity index (χ1) is 7.63. The number of amides is 2. The van der Waals surface area contributed by atoms with Crippen LogP contribution in [0.15, 0.2) is 0 Å². The Labute approximate surface area is 101 Å². The zero-order chi connectivity index (χ0) is 12.0. The van der Waals surface area contributed by atoms with Crippen LogP contribution in [0.1, 0.15) is 26.7 Å². The summed E-state index contributed by atoms with van der Waals surface area (Å²) in [4.78, 5) is 22.8. The number of hydrogen-bond acceptors (Lipinski definition) is 3. The number of nitrogens with one attached hydrogen (secondary N) is 2. The van der Waals surface area contributed by atoms with E-state index in [0.717, 1.165) is 11.5 Å². The van der Waals surface area contributed by atoms with E-state index in [2.05, 4.69) is 17.6 Å². The minimum atomic E-state index is -0.0493. The van der Waals surface area contributed by atoms with Crippen LogP contribution in [0.25, 0.3) is 0 Å². The van der Waals surface area contributed by atoms with E-state index in [0.29, 0.717) is 19.4 Å². The molecule has 1 heterocycles. The number of rotatable bonds is 5. The lowest BCUT2D eigenvalue weighted by atomic mass is 9.98. The Morgan fingerprint density at radius 3 is 3.00 bits per heavy atom. The quantitative estimate of drug-likeness (QED) is 0.751. The molecule has 2 N–H and O–H groups in total. The average Bonchev–Trinajstić information content (AvgIpc) is 2.27. The first-order valence-electron chi connectivity index (χ1n) is 5.78. The zero-order valence-electron chi connectivity index (χ0n) is 9.91. The second-order valence-electron chi connectivity index (χ2n) is 4.11. The van der Waals surface area contributed by atoms with Crippen molar-refractivity contribution < 1.29 is 9.59 Å². The zero-order valence-corrected chi connectivity index (χ0v) is 10.7. The molecule has 0 bridgehead atoms. The highest BCUT2D eigenvalue weighted by atomic mass is 32.2. The molecule has 5 heteroatoms. The summed E-state index contributed by atoms with van der Waals surface area (Å²) in [7, 11) is 0. The molecule has 2 atom stereocenters. The van der Waals surface area contributed by atoms with E-state index < -0.39 is 0 Å². The number of carbonyl (C=O) groups excluding carboxylic acids is 2. The lowest BCUT2D eigenvalue weighted by Gasteiger charge is -2.23. The number of carbonyl (C=O) groups is 2. The maximum absolute atomic E-state index is 11.8. The molecule has 2 unspecified atom stereocenters. The molecule has 1 rings (SSSR count). The smallest absolute Gasteiger partial charge is 0.225 e. The molecule has 92 valence electrons. The Morgan fingerprint density at radius 2 is 2.44 bits per heavy atom. The molecule has 0 spiro atoms. The second kappa shape index (κ2) is 6.78. The summed E-state index contributed by atoms with van der Waals surface area (Å²) in [6.07, 6.45) is 1.14. The highest BCUT2D eigenvalue weighted by Gasteiger charge is 2.24. The monoisotopic (exact) mass is 244 g/mol. The summed E-state index contributed by atoms with van der Waals surface area (Å²) in [5.74, 6) is 2.09. The van der Waals surface area contributed by atoms with Crippen molar-refractivity contribution in [3.8, 4) is 0 Å². The molecule has 16 heavy (non-hydrogen) atoms. The minimum absolute atomic E-state index is 0.0493. The van der Waals surface area contributed by atoms with Crippen LogP contribution in [0.3, 0.4) is 0 Å². The van der Waals surface area contributed by atoms with Gasteiger partial charge in [0.05, 0.1) is 5.92 Å². The molecule has 2 amide bonds. The van der Waals surface area contributed by atoms with Gasteiger partial charge >= 0.3 is 0 Å². The predicted molar refractivity (Wildman–Crippen MR) is 66.3 cm³/mol. The molecule has 0 aliphatic carbocycles. The Hall–Kier alpha value is -0.710. The fraction of sp³-hybridized carbons (Fsp3) is 0.818. The highest BCUT2D eigenvalue weighted by molar-refractivity contribution is 7.99.